The minimum atomic E-state index is -2.83. The van der Waals surface area contributed by atoms with E-state index in [0.29, 0.717) is 19.4 Å². The highest BCUT2D eigenvalue weighted by Crippen LogP contribution is 2.48. The van der Waals surface area contributed by atoms with Crippen molar-refractivity contribution in [3.63, 3.8) is 0 Å². The smallest absolute Gasteiger partial charge is 0.309 e. The van der Waals surface area contributed by atoms with Crippen LogP contribution in [-0.4, -0.2) is 19.4 Å². The second-order valence-corrected chi connectivity index (χ2v) is 24.5. The summed E-state index contributed by atoms with van der Waals surface area (Å²) >= 11 is 0. The van der Waals surface area contributed by atoms with E-state index in [9.17, 15) is 4.57 Å². The molecule has 0 radical (unpaired) electrons. The largest absolute Gasteiger partial charge is 0.330 e. The lowest BCUT2D eigenvalue weighted by molar-refractivity contribution is 0.219. The quantitative estimate of drug-likeness (QED) is 0.0450. The third kappa shape index (κ3) is 58.7. The zero-order valence-electron chi connectivity index (χ0n) is 47.8. The van der Waals surface area contributed by atoms with Crippen LogP contribution in [0.5, 0.6) is 0 Å². The Labute approximate surface area is 431 Å². The maximum Gasteiger partial charge on any atom is 0.330 e. The van der Waals surface area contributed by atoms with Crippen LogP contribution in [0.4, 0.5) is 0 Å². The fraction of sp³-hybridized carbons (Fsp3) is 1.00. The van der Waals surface area contributed by atoms with Crippen LogP contribution in [0.1, 0.15) is 393 Å². The molecule has 0 unspecified atom stereocenters. The maximum absolute atomic E-state index is 12.5. The lowest BCUT2D eigenvalue weighted by Gasteiger charge is -2.16. The van der Waals surface area contributed by atoms with Gasteiger partial charge in [0.25, 0.3) is 0 Å². The summed E-state index contributed by atoms with van der Waals surface area (Å²) in [7, 11) is -2.83. The van der Waals surface area contributed by atoms with Gasteiger partial charge < -0.3 is 9.05 Å². The Morgan fingerprint density at radius 3 is 0.426 bits per heavy atom. The first-order chi connectivity index (χ1) is 33.7. The first-order valence-corrected chi connectivity index (χ1v) is 34.3. The van der Waals surface area contributed by atoms with Gasteiger partial charge in [-0.3, -0.25) is 4.57 Å². The summed E-state index contributed by atoms with van der Waals surface area (Å²) in [6.45, 7) is 7.03. The van der Waals surface area contributed by atoms with E-state index in [-0.39, 0.29) is 0 Å². The molecule has 0 aromatic carbocycles. The molecule has 3 nitrogen and oxygen atoms in total. The number of hydrogen-bond acceptors (Lipinski definition) is 3. The predicted octanol–water partition coefficient (Wildman–Crippen LogP) is 24.9. The van der Waals surface area contributed by atoms with Gasteiger partial charge in [0.1, 0.15) is 0 Å². The molecule has 0 fully saturated rings. The molecule has 0 aromatic rings. The fourth-order valence-corrected chi connectivity index (χ4v) is 12.6. The molecule has 0 atom stereocenters. The Morgan fingerprint density at radius 2 is 0.309 bits per heavy atom. The number of hydrogen-bond donors (Lipinski definition) is 0. The third-order valence-electron chi connectivity index (χ3n) is 15.4. The van der Waals surface area contributed by atoms with Gasteiger partial charge in [0.15, 0.2) is 0 Å². The molecule has 0 saturated carbocycles. The Bertz CT molecular complexity index is 913. The molecular weight excluding hydrogens is 848 g/mol. The van der Waals surface area contributed by atoms with Crippen LogP contribution in [0.3, 0.4) is 0 Å². The van der Waals surface area contributed by atoms with Crippen molar-refractivity contribution in [2.24, 2.45) is 0 Å². The SMILES string of the molecule is CCCCCCCCCCCCCCCCCCCCCCCCCCCCCCCCCCCCCCCCCCCCCCCCCCCCCCCCCCCCP(=O)(OCC)OCC. The second-order valence-electron chi connectivity index (χ2n) is 22.3. The lowest BCUT2D eigenvalue weighted by Crippen LogP contribution is -2.00. The van der Waals surface area contributed by atoms with Crippen LogP contribution in [0.2, 0.25) is 0 Å². The van der Waals surface area contributed by atoms with E-state index in [2.05, 4.69) is 6.92 Å². The molecule has 4 heteroatoms. The van der Waals surface area contributed by atoms with E-state index < -0.39 is 7.60 Å². The Morgan fingerprint density at radius 1 is 0.191 bits per heavy atom. The average molecular weight is 980 g/mol. The highest BCUT2D eigenvalue weighted by molar-refractivity contribution is 7.53. The summed E-state index contributed by atoms with van der Waals surface area (Å²) in [6, 6.07) is 0. The Hall–Kier alpha value is 0.150. The first kappa shape index (κ1) is 68.2. The Balaban J connectivity index is 3.11. The van der Waals surface area contributed by atoms with Crippen LogP contribution in [0.15, 0.2) is 0 Å². The minimum absolute atomic E-state index is 0.469. The molecule has 0 heterocycles. The van der Waals surface area contributed by atoms with Gasteiger partial charge in [-0.05, 0) is 20.3 Å². The predicted molar refractivity (Wildman–Crippen MR) is 309 cm³/mol. The normalized spacial score (nSPS) is 12.0. The van der Waals surface area contributed by atoms with Crippen molar-refractivity contribution >= 4 is 7.60 Å². The van der Waals surface area contributed by atoms with Crippen LogP contribution in [-0.2, 0) is 13.6 Å². The minimum Gasteiger partial charge on any atom is -0.309 e. The van der Waals surface area contributed by atoms with Gasteiger partial charge in [-0.1, -0.05) is 373 Å². The number of rotatable bonds is 63. The van der Waals surface area contributed by atoms with Crippen LogP contribution < -0.4 is 0 Å². The molecule has 0 aromatic heterocycles. The maximum atomic E-state index is 12.5. The molecule has 0 rings (SSSR count). The molecule has 0 amide bonds. The summed E-state index contributed by atoms with van der Waals surface area (Å²) in [5.74, 6) is 0. The van der Waals surface area contributed by atoms with E-state index in [1.54, 1.807) is 0 Å². The molecule has 0 aliphatic rings. The van der Waals surface area contributed by atoms with Gasteiger partial charge >= 0.3 is 7.60 Å². The standard InChI is InChI=1S/C64H131O3P/c1-4-7-8-9-10-11-12-13-14-15-16-17-18-19-20-21-22-23-24-25-26-27-28-29-30-31-32-33-34-35-36-37-38-39-40-41-42-43-44-45-46-47-48-49-50-51-52-53-54-55-56-57-58-59-60-61-62-63-64-68(65,66-5-2)67-6-3/h4-64H2,1-3H3. The summed E-state index contributed by atoms with van der Waals surface area (Å²) in [4.78, 5) is 0. The molecule has 0 spiro atoms. The monoisotopic (exact) mass is 979 g/mol. The van der Waals surface area contributed by atoms with Crippen molar-refractivity contribution in [2.75, 3.05) is 19.4 Å². The highest BCUT2D eigenvalue weighted by atomic mass is 31.2. The zero-order valence-corrected chi connectivity index (χ0v) is 48.7. The molecular formula is C64H131O3P. The summed E-state index contributed by atoms with van der Waals surface area (Å²) in [5, 5.41) is 0. The van der Waals surface area contributed by atoms with Gasteiger partial charge in [0.05, 0.1) is 19.4 Å². The van der Waals surface area contributed by atoms with Gasteiger partial charge in [0, 0.05) is 0 Å². The van der Waals surface area contributed by atoms with Gasteiger partial charge in [-0.25, -0.2) is 0 Å². The zero-order chi connectivity index (χ0) is 49.0. The summed E-state index contributed by atoms with van der Waals surface area (Å²) in [5.41, 5.74) is 0. The highest BCUT2D eigenvalue weighted by Gasteiger charge is 2.22. The second kappa shape index (κ2) is 61.4. The fourth-order valence-electron chi connectivity index (χ4n) is 10.8. The van der Waals surface area contributed by atoms with Crippen LogP contribution in [0.25, 0.3) is 0 Å². The molecule has 410 valence electrons. The molecule has 0 saturated heterocycles. The van der Waals surface area contributed by atoms with Crippen LogP contribution in [0, 0.1) is 0 Å². The van der Waals surface area contributed by atoms with E-state index in [0.717, 1.165) is 12.8 Å². The Kier molecular flexibility index (Phi) is 61.6. The molecule has 0 bridgehead atoms. The van der Waals surface area contributed by atoms with Crippen molar-refractivity contribution in [3.8, 4) is 0 Å². The van der Waals surface area contributed by atoms with Crippen molar-refractivity contribution in [2.45, 2.75) is 393 Å². The number of unbranched alkanes of at least 4 members (excludes halogenated alkanes) is 57. The molecule has 0 aliphatic heterocycles. The first-order valence-electron chi connectivity index (χ1n) is 32.6. The van der Waals surface area contributed by atoms with Crippen LogP contribution >= 0.6 is 7.60 Å². The van der Waals surface area contributed by atoms with E-state index in [4.69, 9.17) is 9.05 Å². The van der Waals surface area contributed by atoms with Crippen molar-refractivity contribution in [1.82, 2.24) is 0 Å². The van der Waals surface area contributed by atoms with Gasteiger partial charge in [-0.15, -0.1) is 0 Å². The third-order valence-corrected chi connectivity index (χ3v) is 17.6. The van der Waals surface area contributed by atoms with Gasteiger partial charge in [-0.2, -0.15) is 0 Å². The average Bonchev–Trinajstić information content (AvgIpc) is 3.33. The molecule has 0 aliphatic carbocycles. The van der Waals surface area contributed by atoms with Crippen molar-refractivity contribution < 1.29 is 13.6 Å². The van der Waals surface area contributed by atoms with E-state index >= 15 is 0 Å². The molecule has 68 heavy (non-hydrogen) atoms. The van der Waals surface area contributed by atoms with Gasteiger partial charge in [0.2, 0.25) is 0 Å². The van der Waals surface area contributed by atoms with E-state index in [1.165, 1.54) is 360 Å². The summed E-state index contributed by atoms with van der Waals surface area (Å²) in [6.07, 6.45) is 84.8. The lowest BCUT2D eigenvalue weighted by atomic mass is 10.0. The molecule has 0 N–H and O–H groups in total. The van der Waals surface area contributed by atoms with E-state index in [1.807, 2.05) is 13.8 Å². The summed E-state index contributed by atoms with van der Waals surface area (Å²) < 4.78 is 23.3. The topological polar surface area (TPSA) is 35.5 Å². The van der Waals surface area contributed by atoms with Crippen molar-refractivity contribution in [3.05, 3.63) is 0 Å². The van der Waals surface area contributed by atoms with Crippen molar-refractivity contribution in [1.29, 1.82) is 0 Å².